The maximum Gasteiger partial charge on any atom is 0.415 e. The first-order valence-electron chi connectivity index (χ1n) is 7.74. The van der Waals surface area contributed by atoms with E-state index >= 15 is 0 Å². The van der Waals surface area contributed by atoms with Gasteiger partial charge in [-0.05, 0) is 30.7 Å². The highest BCUT2D eigenvalue weighted by Gasteiger charge is 2.46. The van der Waals surface area contributed by atoms with Crippen molar-refractivity contribution in [3.63, 3.8) is 0 Å². The average Bonchev–Trinajstić information content (AvgIpc) is 2.94. The summed E-state index contributed by atoms with van der Waals surface area (Å²) in [5, 5.41) is 0.479. The van der Waals surface area contributed by atoms with E-state index in [1.54, 1.807) is 12.1 Å². The largest absolute Gasteiger partial charge is 0.415 e. The Bertz CT molecular complexity index is 639. The molecule has 8 heteroatoms. The Balaban J connectivity index is 1.70. The van der Waals surface area contributed by atoms with Crippen LogP contribution in [-0.2, 0) is 4.79 Å². The van der Waals surface area contributed by atoms with Gasteiger partial charge in [-0.25, -0.2) is 13.6 Å². The molecule has 2 fully saturated rings. The fourth-order valence-corrected chi connectivity index (χ4v) is 3.27. The van der Waals surface area contributed by atoms with Crippen LogP contribution >= 0.6 is 11.6 Å². The van der Waals surface area contributed by atoms with Gasteiger partial charge in [0.2, 0.25) is 5.91 Å². The number of likely N-dealkylation sites (tertiary alicyclic amines) is 2. The van der Waals surface area contributed by atoms with Crippen LogP contribution in [0.2, 0.25) is 5.02 Å². The average molecular weight is 359 g/mol. The van der Waals surface area contributed by atoms with Crippen molar-refractivity contribution in [2.75, 3.05) is 19.6 Å². The zero-order valence-corrected chi connectivity index (χ0v) is 13.6. The molecule has 0 spiro atoms. The van der Waals surface area contributed by atoms with E-state index in [1.165, 1.54) is 17.0 Å². The maximum absolute atomic E-state index is 14.0. The van der Waals surface area contributed by atoms with Gasteiger partial charge in [-0.2, -0.15) is 0 Å². The molecular formula is C16H17ClF2N2O3. The zero-order valence-electron chi connectivity index (χ0n) is 12.9. The van der Waals surface area contributed by atoms with Crippen LogP contribution in [0.3, 0.4) is 0 Å². The van der Waals surface area contributed by atoms with Gasteiger partial charge < -0.3 is 9.64 Å². The number of hydrogen-bond donors (Lipinski definition) is 0. The second-order valence-corrected chi connectivity index (χ2v) is 6.54. The first-order chi connectivity index (χ1) is 11.3. The SMILES string of the molecule is O=C(Oc1ccc(Cl)cc1)N1CC(N2CCCC2=O)CC(F)(F)C1. The van der Waals surface area contributed by atoms with Gasteiger partial charge in [0, 0.05) is 31.0 Å². The highest BCUT2D eigenvalue weighted by atomic mass is 35.5. The molecule has 5 nitrogen and oxygen atoms in total. The number of alkyl halides is 2. The molecule has 1 unspecified atom stereocenters. The Labute approximate surface area is 143 Å². The molecule has 2 aliphatic heterocycles. The van der Waals surface area contributed by atoms with Gasteiger partial charge in [-0.15, -0.1) is 0 Å². The summed E-state index contributed by atoms with van der Waals surface area (Å²) in [6, 6.07) is 5.39. The van der Waals surface area contributed by atoms with E-state index in [4.69, 9.17) is 16.3 Å². The van der Waals surface area contributed by atoms with Crippen molar-refractivity contribution in [1.29, 1.82) is 0 Å². The quantitative estimate of drug-likeness (QED) is 0.816. The van der Waals surface area contributed by atoms with E-state index in [2.05, 4.69) is 0 Å². The summed E-state index contributed by atoms with van der Waals surface area (Å²) < 4.78 is 33.2. The van der Waals surface area contributed by atoms with E-state index in [1.807, 2.05) is 0 Å². The number of piperidine rings is 1. The fraction of sp³-hybridized carbons (Fsp3) is 0.500. The van der Waals surface area contributed by atoms with Gasteiger partial charge in [0.25, 0.3) is 5.92 Å². The lowest BCUT2D eigenvalue weighted by atomic mass is 10.0. The van der Waals surface area contributed by atoms with E-state index in [0.29, 0.717) is 24.4 Å². The molecule has 2 amide bonds. The lowest BCUT2D eigenvalue weighted by Crippen LogP contribution is -2.57. The minimum atomic E-state index is -3.05. The van der Waals surface area contributed by atoms with Crippen LogP contribution in [0.4, 0.5) is 13.6 Å². The van der Waals surface area contributed by atoms with Gasteiger partial charge in [0.05, 0.1) is 12.6 Å². The summed E-state index contributed by atoms with van der Waals surface area (Å²) in [5.41, 5.74) is 0. The third-order valence-electron chi connectivity index (χ3n) is 4.22. The van der Waals surface area contributed by atoms with Crippen molar-refractivity contribution in [2.24, 2.45) is 0 Å². The predicted molar refractivity (Wildman–Crippen MR) is 83.3 cm³/mol. The first-order valence-corrected chi connectivity index (χ1v) is 8.11. The summed E-state index contributed by atoms with van der Waals surface area (Å²) in [6.07, 6.45) is -0.245. The topological polar surface area (TPSA) is 49.9 Å². The number of carbonyl (C=O) groups is 2. The molecule has 130 valence electrons. The lowest BCUT2D eigenvalue weighted by molar-refractivity contribution is -0.135. The second kappa shape index (κ2) is 6.55. The van der Waals surface area contributed by atoms with E-state index < -0.39 is 31.0 Å². The minimum absolute atomic E-state index is 0.0494. The second-order valence-electron chi connectivity index (χ2n) is 6.11. The van der Waals surface area contributed by atoms with Gasteiger partial charge >= 0.3 is 6.09 Å². The van der Waals surface area contributed by atoms with Crippen molar-refractivity contribution >= 4 is 23.6 Å². The Kier molecular flexibility index (Phi) is 4.62. The van der Waals surface area contributed by atoms with Crippen LogP contribution < -0.4 is 4.74 Å². The van der Waals surface area contributed by atoms with Crippen LogP contribution in [0.25, 0.3) is 0 Å². The summed E-state index contributed by atoms with van der Waals surface area (Å²) >= 11 is 5.75. The van der Waals surface area contributed by atoms with Crippen molar-refractivity contribution < 1.29 is 23.1 Å². The summed E-state index contributed by atoms with van der Waals surface area (Å²) in [4.78, 5) is 26.5. The van der Waals surface area contributed by atoms with Crippen LogP contribution in [0.15, 0.2) is 24.3 Å². The minimum Gasteiger partial charge on any atom is -0.410 e. The molecule has 0 aliphatic carbocycles. The predicted octanol–water partition coefficient (Wildman–Crippen LogP) is 3.17. The zero-order chi connectivity index (χ0) is 17.3. The molecule has 1 aromatic carbocycles. The molecule has 0 radical (unpaired) electrons. The number of carbonyl (C=O) groups excluding carboxylic acids is 2. The number of rotatable bonds is 2. The molecule has 24 heavy (non-hydrogen) atoms. The molecule has 0 saturated carbocycles. The van der Waals surface area contributed by atoms with Crippen LogP contribution in [-0.4, -0.2) is 53.4 Å². The summed E-state index contributed by atoms with van der Waals surface area (Å²) in [5.74, 6) is -2.96. The van der Waals surface area contributed by atoms with Crippen LogP contribution in [0, 0.1) is 0 Å². The molecule has 2 heterocycles. The van der Waals surface area contributed by atoms with Crippen LogP contribution in [0.5, 0.6) is 5.75 Å². The molecule has 3 rings (SSSR count). The molecule has 1 aromatic rings. The van der Waals surface area contributed by atoms with Crippen molar-refractivity contribution in [3.8, 4) is 5.75 Å². The standard InChI is InChI=1S/C16H17ClF2N2O3/c17-11-3-5-13(6-4-11)24-15(23)20-9-12(8-16(18,19)10-20)21-7-1-2-14(21)22/h3-6,12H,1-2,7-10H2. The molecule has 0 bridgehead atoms. The monoisotopic (exact) mass is 358 g/mol. The van der Waals surface area contributed by atoms with E-state index in [9.17, 15) is 18.4 Å². The van der Waals surface area contributed by atoms with Crippen molar-refractivity contribution in [2.45, 2.75) is 31.2 Å². The summed E-state index contributed by atoms with van der Waals surface area (Å²) in [6.45, 7) is -0.203. The Hall–Kier alpha value is -1.89. The third-order valence-corrected chi connectivity index (χ3v) is 4.47. The molecular weight excluding hydrogens is 342 g/mol. The van der Waals surface area contributed by atoms with E-state index in [-0.39, 0.29) is 18.2 Å². The first kappa shape index (κ1) is 17.0. The number of ether oxygens (including phenoxy) is 1. The Morgan fingerprint density at radius 1 is 1.29 bits per heavy atom. The number of nitrogens with zero attached hydrogens (tertiary/aromatic N) is 2. The van der Waals surface area contributed by atoms with Gasteiger partial charge in [-0.3, -0.25) is 9.69 Å². The Morgan fingerprint density at radius 2 is 2.00 bits per heavy atom. The lowest BCUT2D eigenvalue weighted by Gasteiger charge is -2.40. The smallest absolute Gasteiger partial charge is 0.410 e. The normalized spacial score (nSPS) is 23.5. The number of amides is 2. The van der Waals surface area contributed by atoms with Gasteiger partial charge in [0.1, 0.15) is 5.75 Å². The van der Waals surface area contributed by atoms with Crippen molar-refractivity contribution in [1.82, 2.24) is 9.80 Å². The Morgan fingerprint density at radius 3 is 2.62 bits per heavy atom. The molecule has 0 N–H and O–H groups in total. The van der Waals surface area contributed by atoms with Gasteiger partial charge in [-0.1, -0.05) is 11.6 Å². The fourth-order valence-electron chi connectivity index (χ4n) is 3.14. The highest BCUT2D eigenvalue weighted by Crippen LogP contribution is 2.32. The number of benzene rings is 1. The third kappa shape index (κ3) is 3.77. The maximum atomic E-state index is 14.0. The molecule has 2 saturated heterocycles. The molecule has 0 aromatic heterocycles. The van der Waals surface area contributed by atoms with Crippen molar-refractivity contribution in [3.05, 3.63) is 29.3 Å². The van der Waals surface area contributed by atoms with Gasteiger partial charge in [0.15, 0.2) is 0 Å². The molecule has 2 aliphatic rings. The summed E-state index contributed by atoms with van der Waals surface area (Å²) in [7, 11) is 0. The number of hydrogen-bond acceptors (Lipinski definition) is 3. The number of halogens is 3. The van der Waals surface area contributed by atoms with E-state index in [0.717, 1.165) is 4.90 Å². The highest BCUT2D eigenvalue weighted by molar-refractivity contribution is 6.30. The molecule has 1 atom stereocenters. The van der Waals surface area contributed by atoms with Crippen LogP contribution in [0.1, 0.15) is 19.3 Å².